The summed E-state index contributed by atoms with van der Waals surface area (Å²) < 4.78 is 24.2. The SMILES string of the molecule is CC(C)Oc1ccc(N)c(C(=N)c2ccnc(NOSc3cccc(F)c3)c2)c1. The number of hydrogen-bond acceptors (Lipinski definition) is 7. The highest BCUT2D eigenvalue weighted by atomic mass is 32.2. The lowest BCUT2D eigenvalue weighted by Gasteiger charge is -2.14. The quantitative estimate of drug-likeness (QED) is 0.207. The number of nitrogens with two attached hydrogens (primary N) is 1. The Morgan fingerprint density at radius 1 is 1.17 bits per heavy atom. The fourth-order valence-corrected chi connectivity index (χ4v) is 3.04. The van der Waals surface area contributed by atoms with Gasteiger partial charge >= 0.3 is 0 Å². The first-order valence-corrected chi connectivity index (χ1v) is 9.63. The monoisotopic (exact) mass is 412 g/mol. The molecule has 3 rings (SSSR count). The fraction of sp³-hybridized carbons (Fsp3) is 0.143. The number of anilines is 2. The summed E-state index contributed by atoms with van der Waals surface area (Å²) in [5.41, 5.74) is 10.6. The Bertz CT molecular complexity index is 1010. The van der Waals surface area contributed by atoms with Gasteiger partial charge in [-0.25, -0.2) is 14.9 Å². The van der Waals surface area contributed by atoms with Gasteiger partial charge in [0.1, 0.15) is 11.6 Å². The molecule has 2 aromatic carbocycles. The maximum absolute atomic E-state index is 13.2. The minimum atomic E-state index is -0.339. The number of nitrogens with one attached hydrogen (secondary N) is 2. The van der Waals surface area contributed by atoms with Crippen molar-refractivity contribution in [1.82, 2.24) is 4.98 Å². The third-order valence-electron chi connectivity index (χ3n) is 3.79. The molecule has 0 aliphatic rings. The molecule has 0 radical (unpaired) electrons. The summed E-state index contributed by atoms with van der Waals surface area (Å²) in [5, 5.41) is 8.54. The normalized spacial score (nSPS) is 10.8. The van der Waals surface area contributed by atoms with Gasteiger partial charge in [-0.15, -0.1) is 0 Å². The molecule has 6 nitrogen and oxygen atoms in total. The number of rotatable bonds is 8. The standard InChI is InChI=1S/C21H21FN4O2S/c1-13(2)27-16-6-7-19(23)18(12-16)21(24)14-8-9-25-20(10-14)26-28-29-17-5-3-4-15(22)11-17/h3-13,24H,23H2,1-2H3,(H,25,26). The maximum Gasteiger partial charge on any atom is 0.151 e. The van der Waals surface area contributed by atoms with Crippen molar-refractivity contribution in [3.63, 3.8) is 0 Å². The van der Waals surface area contributed by atoms with Crippen molar-refractivity contribution in [2.75, 3.05) is 11.2 Å². The van der Waals surface area contributed by atoms with Gasteiger partial charge < -0.3 is 10.5 Å². The highest BCUT2D eigenvalue weighted by Gasteiger charge is 2.12. The molecule has 3 aromatic rings. The average molecular weight is 412 g/mol. The van der Waals surface area contributed by atoms with Crippen LogP contribution in [-0.2, 0) is 4.28 Å². The molecule has 1 heterocycles. The number of nitrogen functional groups attached to an aromatic ring is 1. The predicted molar refractivity (Wildman–Crippen MR) is 114 cm³/mol. The van der Waals surface area contributed by atoms with E-state index in [4.69, 9.17) is 20.2 Å². The number of hydrogen-bond donors (Lipinski definition) is 3. The van der Waals surface area contributed by atoms with Crippen LogP contribution in [0.15, 0.2) is 65.7 Å². The van der Waals surface area contributed by atoms with Crippen molar-refractivity contribution in [3.05, 3.63) is 77.7 Å². The van der Waals surface area contributed by atoms with Gasteiger partial charge in [0.25, 0.3) is 0 Å². The number of aromatic nitrogens is 1. The van der Waals surface area contributed by atoms with Crippen LogP contribution in [0.2, 0.25) is 0 Å². The van der Waals surface area contributed by atoms with E-state index in [0.717, 1.165) is 12.0 Å². The van der Waals surface area contributed by atoms with Gasteiger partial charge in [-0.05, 0) is 62.4 Å². The third-order valence-corrected chi connectivity index (χ3v) is 4.41. The minimum Gasteiger partial charge on any atom is -0.491 e. The molecule has 4 N–H and O–H groups in total. The maximum atomic E-state index is 13.2. The topological polar surface area (TPSA) is 93.3 Å². The molecule has 0 saturated carbocycles. The van der Waals surface area contributed by atoms with Gasteiger partial charge in [0.2, 0.25) is 0 Å². The summed E-state index contributed by atoms with van der Waals surface area (Å²) in [5.74, 6) is 0.717. The van der Waals surface area contributed by atoms with Crippen molar-refractivity contribution in [2.45, 2.75) is 24.8 Å². The molecule has 0 unspecified atom stereocenters. The zero-order chi connectivity index (χ0) is 20.8. The minimum absolute atomic E-state index is 0.0186. The molecule has 0 bridgehead atoms. The molecule has 29 heavy (non-hydrogen) atoms. The third kappa shape index (κ3) is 5.69. The molecular formula is C21H21FN4O2S. The molecule has 0 saturated heterocycles. The van der Waals surface area contributed by atoms with Crippen LogP contribution in [0.25, 0.3) is 0 Å². The highest BCUT2D eigenvalue weighted by molar-refractivity contribution is 7.94. The van der Waals surface area contributed by atoms with Crippen molar-refractivity contribution in [2.24, 2.45) is 0 Å². The zero-order valence-corrected chi connectivity index (χ0v) is 16.8. The van der Waals surface area contributed by atoms with Gasteiger partial charge in [-0.2, -0.15) is 4.28 Å². The second-order valence-electron chi connectivity index (χ2n) is 6.45. The summed E-state index contributed by atoms with van der Waals surface area (Å²) in [4.78, 5) is 4.77. The molecule has 0 amide bonds. The summed E-state index contributed by atoms with van der Waals surface area (Å²) in [6, 6.07) is 14.7. The van der Waals surface area contributed by atoms with Crippen LogP contribution in [0.1, 0.15) is 25.0 Å². The lowest BCUT2D eigenvalue weighted by Crippen LogP contribution is -2.10. The lowest BCUT2D eigenvalue weighted by molar-refractivity contribution is 0.242. The number of pyridine rings is 1. The van der Waals surface area contributed by atoms with Gasteiger partial charge in [-0.3, -0.25) is 5.41 Å². The second-order valence-corrected chi connectivity index (χ2v) is 7.25. The first kappa shape index (κ1) is 20.6. The van der Waals surface area contributed by atoms with E-state index in [1.54, 1.807) is 48.7 Å². The summed E-state index contributed by atoms with van der Waals surface area (Å²) in [7, 11) is 0. The van der Waals surface area contributed by atoms with E-state index in [2.05, 4.69) is 10.5 Å². The first-order valence-electron chi connectivity index (χ1n) is 8.89. The van der Waals surface area contributed by atoms with Crippen molar-refractivity contribution in [3.8, 4) is 5.75 Å². The van der Waals surface area contributed by atoms with Crippen LogP contribution in [0, 0.1) is 11.2 Å². The van der Waals surface area contributed by atoms with Crippen LogP contribution in [0.4, 0.5) is 15.9 Å². The highest BCUT2D eigenvalue weighted by Crippen LogP contribution is 2.25. The molecule has 0 atom stereocenters. The van der Waals surface area contributed by atoms with Crippen molar-refractivity contribution >= 4 is 29.3 Å². The molecule has 0 aliphatic heterocycles. The van der Waals surface area contributed by atoms with Crippen LogP contribution in [-0.4, -0.2) is 16.8 Å². The first-order chi connectivity index (χ1) is 13.9. The van der Waals surface area contributed by atoms with Crippen LogP contribution < -0.4 is 16.0 Å². The van der Waals surface area contributed by atoms with Gasteiger partial charge in [0, 0.05) is 27.9 Å². The molecule has 8 heteroatoms. The van der Waals surface area contributed by atoms with Crippen molar-refractivity contribution in [1.29, 1.82) is 5.41 Å². The molecule has 150 valence electrons. The Kier molecular flexibility index (Phi) is 6.69. The van der Waals surface area contributed by atoms with E-state index < -0.39 is 0 Å². The second kappa shape index (κ2) is 9.40. The summed E-state index contributed by atoms with van der Waals surface area (Å²) in [6.07, 6.45) is 1.58. The molecular weight excluding hydrogens is 391 g/mol. The number of benzene rings is 2. The number of nitrogens with zero attached hydrogens (tertiary/aromatic N) is 1. The lowest BCUT2D eigenvalue weighted by atomic mass is 10.0. The predicted octanol–water partition coefficient (Wildman–Crippen LogP) is 5.06. The Balaban J connectivity index is 1.71. The Labute approximate surface area is 172 Å². The molecule has 1 aromatic heterocycles. The Morgan fingerprint density at radius 2 is 2.00 bits per heavy atom. The summed E-state index contributed by atoms with van der Waals surface area (Å²) >= 11 is 0.969. The fourth-order valence-electron chi connectivity index (χ4n) is 2.53. The number of halogens is 1. The zero-order valence-electron chi connectivity index (χ0n) is 16.0. The van der Waals surface area contributed by atoms with Gasteiger partial charge in [0.15, 0.2) is 5.82 Å². The van der Waals surface area contributed by atoms with Gasteiger partial charge in [0.05, 0.1) is 23.9 Å². The van der Waals surface area contributed by atoms with E-state index in [1.807, 2.05) is 13.8 Å². The van der Waals surface area contributed by atoms with E-state index in [0.29, 0.717) is 33.3 Å². The van der Waals surface area contributed by atoms with Crippen LogP contribution in [0.3, 0.4) is 0 Å². The largest absolute Gasteiger partial charge is 0.491 e. The van der Waals surface area contributed by atoms with Crippen molar-refractivity contribution < 1.29 is 13.4 Å². The molecule has 0 aliphatic carbocycles. The van der Waals surface area contributed by atoms with Crippen LogP contribution in [0.5, 0.6) is 5.75 Å². The van der Waals surface area contributed by atoms with Gasteiger partial charge in [-0.1, -0.05) is 6.07 Å². The van der Waals surface area contributed by atoms with E-state index in [1.165, 1.54) is 12.1 Å². The summed E-state index contributed by atoms with van der Waals surface area (Å²) in [6.45, 7) is 3.87. The van der Waals surface area contributed by atoms with Crippen LogP contribution >= 0.6 is 12.0 Å². The van der Waals surface area contributed by atoms with E-state index >= 15 is 0 Å². The Morgan fingerprint density at radius 3 is 2.76 bits per heavy atom. The smallest absolute Gasteiger partial charge is 0.151 e. The van der Waals surface area contributed by atoms with E-state index in [-0.39, 0.29) is 17.6 Å². The number of ether oxygens (including phenoxy) is 1. The Hall–Kier alpha value is -3.10. The molecule has 0 fully saturated rings. The average Bonchev–Trinajstić information content (AvgIpc) is 2.69. The molecule has 0 spiro atoms. The van der Waals surface area contributed by atoms with E-state index in [9.17, 15) is 4.39 Å².